The van der Waals surface area contributed by atoms with Gasteiger partial charge in [-0.15, -0.1) is 0 Å². The van der Waals surface area contributed by atoms with Gasteiger partial charge in [-0.3, -0.25) is 9.59 Å². The number of ether oxygens (including phenoxy) is 1. The molecule has 1 amide bonds. The molecule has 0 aliphatic heterocycles. The third-order valence-electron chi connectivity index (χ3n) is 2.80. The van der Waals surface area contributed by atoms with Gasteiger partial charge in [-0.05, 0) is 19.8 Å². The van der Waals surface area contributed by atoms with Crippen molar-refractivity contribution in [1.82, 2.24) is 0 Å². The lowest BCUT2D eigenvalue weighted by atomic mass is 9.78. The van der Waals surface area contributed by atoms with Gasteiger partial charge in [0.2, 0.25) is 5.91 Å². The van der Waals surface area contributed by atoms with E-state index in [1.165, 1.54) is 7.11 Å². The van der Waals surface area contributed by atoms with Crippen LogP contribution in [-0.4, -0.2) is 24.4 Å². The largest absolute Gasteiger partial charge is 0.371 e. The molecule has 0 aromatic heterocycles. The Bertz CT molecular complexity index is 239. The second-order valence-corrected chi connectivity index (χ2v) is 3.70. The predicted octanol–water partition coefficient (Wildman–Crippen LogP) is 0.246. The molecule has 0 saturated heterocycles. The van der Waals surface area contributed by atoms with E-state index in [4.69, 9.17) is 10.5 Å². The molecule has 0 spiro atoms. The van der Waals surface area contributed by atoms with E-state index in [-0.39, 0.29) is 17.6 Å². The van der Waals surface area contributed by atoms with Gasteiger partial charge in [0.15, 0.2) is 5.78 Å². The Hall–Kier alpha value is -0.900. The molecule has 1 aliphatic rings. The lowest BCUT2D eigenvalue weighted by Crippen LogP contribution is -2.46. The van der Waals surface area contributed by atoms with Crippen LogP contribution in [0, 0.1) is 5.92 Å². The number of carbonyl (C=O) groups excluding carboxylic acids is 2. The van der Waals surface area contributed by atoms with Crippen LogP contribution in [-0.2, 0) is 14.3 Å². The first-order chi connectivity index (χ1) is 5.99. The monoisotopic (exact) mass is 185 g/mol. The molecular weight excluding hydrogens is 170 g/mol. The molecule has 0 bridgehead atoms. The van der Waals surface area contributed by atoms with E-state index < -0.39 is 5.60 Å². The van der Waals surface area contributed by atoms with Crippen molar-refractivity contribution in [2.75, 3.05) is 7.11 Å². The molecule has 4 nitrogen and oxygen atoms in total. The van der Waals surface area contributed by atoms with Crippen molar-refractivity contribution < 1.29 is 14.3 Å². The van der Waals surface area contributed by atoms with E-state index in [9.17, 15) is 9.59 Å². The molecule has 1 aliphatic carbocycles. The number of hydrogen-bond donors (Lipinski definition) is 1. The van der Waals surface area contributed by atoms with Gasteiger partial charge in [-0.25, -0.2) is 0 Å². The number of ketones is 1. The van der Waals surface area contributed by atoms with Crippen molar-refractivity contribution in [3.05, 3.63) is 0 Å². The Morgan fingerprint density at radius 1 is 1.69 bits per heavy atom. The fourth-order valence-electron chi connectivity index (χ4n) is 1.70. The van der Waals surface area contributed by atoms with Crippen LogP contribution in [0.3, 0.4) is 0 Å². The van der Waals surface area contributed by atoms with Crippen LogP contribution in [0.25, 0.3) is 0 Å². The Kier molecular flexibility index (Phi) is 2.71. The maximum atomic E-state index is 11.4. The van der Waals surface area contributed by atoms with Gasteiger partial charge in [0.1, 0.15) is 5.60 Å². The van der Waals surface area contributed by atoms with Crippen molar-refractivity contribution in [3.63, 3.8) is 0 Å². The van der Waals surface area contributed by atoms with E-state index in [0.29, 0.717) is 19.3 Å². The summed E-state index contributed by atoms with van der Waals surface area (Å²) in [6.45, 7) is 1.71. The summed E-state index contributed by atoms with van der Waals surface area (Å²) in [5.74, 6) is -0.495. The number of primary amides is 1. The molecule has 0 aromatic carbocycles. The van der Waals surface area contributed by atoms with E-state index in [1.54, 1.807) is 6.92 Å². The second-order valence-electron chi connectivity index (χ2n) is 3.70. The average Bonchev–Trinajstić information content (AvgIpc) is 2.09. The van der Waals surface area contributed by atoms with Crippen LogP contribution >= 0.6 is 0 Å². The van der Waals surface area contributed by atoms with Crippen LogP contribution in [0.1, 0.15) is 26.2 Å². The molecule has 2 atom stereocenters. The highest BCUT2D eigenvalue weighted by Crippen LogP contribution is 2.31. The number of carbonyl (C=O) groups is 2. The highest BCUT2D eigenvalue weighted by molar-refractivity contribution is 5.90. The Balaban J connectivity index is 2.74. The van der Waals surface area contributed by atoms with E-state index in [1.807, 2.05) is 0 Å². The first-order valence-corrected chi connectivity index (χ1v) is 4.37. The summed E-state index contributed by atoms with van der Waals surface area (Å²) in [6, 6.07) is 0. The SMILES string of the molecule is COC1(C)CC(C(N)=O)CCC1=O. The first-order valence-electron chi connectivity index (χ1n) is 4.37. The van der Waals surface area contributed by atoms with Crippen molar-refractivity contribution in [1.29, 1.82) is 0 Å². The van der Waals surface area contributed by atoms with Crippen LogP contribution < -0.4 is 5.73 Å². The number of Topliss-reactive ketones (excluding diaryl/α,β-unsaturated/α-hetero) is 1. The van der Waals surface area contributed by atoms with Crippen LogP contribution in [0.2, 0.25) is 0 Å². The summed E-state index contributed by atoms with van der Waals surface area (Å²) in [4.78, 5) is 22.4. The molecular formula is C9H15NO3. The van der Waals surface area contributed by atoms with Crippen LogP contribution in [0.4, 0.5) is 0 Å². The Morgan fingerprint density at radius 2 is 2.31 bits per heavy atom. The van der Waals surface area contributed by atoms with E-state index in [0.717, 1.165) is 0 Å². The summed E-state index contributed by atoms with van der Waals surface area (Å²) < 4.78 is 5.11. The second kappa shape index (κ2) is 3.46. The lowest BCUT2D eigenvalue weighted by Gasteiger charge is -2.34. The predicted molar refractivity (Wildman–Crippen MR) is 47.0 cm³/mol. The molecule has 0 aromatic rings. The maximum Gasteiger partial charge on any atom is 0.220 e. The third kappa shape index (κ3) is 1.88. The zero-order valence-corrected chi connectivity index (χ0v) is 8.00. The minimum Gasteiger partial charge on any atom is -0.371 e. The lowest BCUT2D eigenvalue weighted by molar-refractivity contribution is -0.147. The van der Waals surface area contributed by atoms with Gasteiger partial charge < -0.3 is 10.5 Å². The molecule has 1 saturated carbocycles. The zero-order chi connectivity index (χ0) is 10.1. The first kappa shape index (κ1) is 10.2. The van der Waals surface area contributed by atoms with Gasteiger partial charge >= 0.3 is 0 Å². The minimum absolute atomic E-state index is 0.0625. The van der Waals surface area contributed by atoms with Crippen LogP contribution in [0.15, 0.2) is 0 Å². The molecule has 0 heterocycles. The van der Waals surface area contributed by atoms with Crippen LogP contribution in [0.5, 0.6) is 0 Å². The minimum atomic E-state index is -0.808. The van der Waals surface area contributed by atoms with Gasteiger partial charge in [0, 0.05) is 19.4 Å². The van der Waals surface area contributed by atoms with Gasteiger partial charge in [-0.2, -0.15) is 0 Å². The standard InChI is InChI=1S/C9H15NO3/c1-9(13-2)5-6(8(10)12)3-4-7(9)11/h6H,3-5H2,1-2H3,(H2,10,12). The fraction of sp³-hybridized carbons (Fsp3) is 0.778. The maximum absolute atomic E-state index is 11.4. The van der Waals surface area contributed by atoms with E-state index in [2.05, 4.69) is 0 Å². The topological polar surface area (TPSA) is 69.4 Å². The summed E-state index contributed by atoms with van der Waals surface area (Å²) in [6.07, 6.45) is 1.36. The number of hydrogen-bond acceptors (Lipinski definition) is 3. The molecule has 1 rings (SSSR count). The van der Waals surface area contributed by atoms with Crippen molar-refractivity contribution >= 4 is 11.7 Å². The van der Waals surface area contributed by atoms with Crippen molar-refractivity contribution in [3.8, 4) is 0 Å². The molecule has 4 heteroatoms. The molecule has 74 valence electrons. The average molecular weight is 185 g/mol. The number of rotatable bonds is 2. The highest BCUT2D eigenvalue weighted by Gasteiger charge is 2.41. The normalized spacial score (nSPS) is 34.6. The summed E-state index contributed by atoms with van der Waals surface area (Å²) in [7, 11) is 1.49. The van der Waals surface area contributed by atoms with Gasteiger partial charge in [0.25, 0.3) is 0 Å². The Labute approximate surface area is 77.4 Å². The van der Waals surface area contributed by atoms with Crippen molar-refractivity contribution in [2.24, 2.45) is 11.7 Å². The molecule has 13 heavy (non-hydrogen) atoms. The molecule has 2 N–H and O–H groups in total. The summed E-state index contributed by atoms with van der Waals surface area (Å²) >= 11 is 0. The smallest absolute Gasteiger partial charge is 0.220 e. The Morgan fingerprint density at radius 3 is 2.77 bits per heavy atom. The summed E-state index contributed by atoms with van der Waals surface area (Å²) in [5, 5.41) is 0. The third-order valence-corrected chi connectivity index (χ3v) is 2.80. The number of nitrogens with two attached hydrogens (primary N) is 1. The van der Waals surface area contributed by atoms with E-state index >= 15 is 0 Å². The fourth-order valence-corrected chi connectivity index (χ4v) is 1.70. The number of methoxy groups -OCH3 is 1. The van der Waals surface area contributed by atoms with Gasteiger partial charge in [0.05, 0.1) is 0 Å². The quantitative estimate of drug-likeness (QED) is 0.670. The van der Waals surface area contributed by atoms with Crippen molar-refractivity contribution in [2.45, 2.75) is 31.8 Å². The highest BCUT2D eigenvalue weighted by atomic mass is 16.5. The molecule has 0 radical (unpaired) electrons. The molecule has 2 unspecified atom stereocenters. The zero-order valence-electron chi connectivity index (χ0n) is 8.00. The van der Waals surface area contributed by atoms with Gasteiger partial charge in [-0.1, -0.05) is 0 Å². The number of amides is 1. The summed E-state index contributed by atoms with van der Waals surface area (Å²) in [5.41, 5.74) is 4.38. The molecule has 1 fully saturated rings.